The largest absolute Gasteiger partial charge is 0.390 e. The molecule has 1 unspecified atom stereocenters. The monoisotopic (exact) mass is 267 g/mol. The highest BCUT2D eigenvalue weighted by Gasteiger charge is 2.27. The van der Waals surface area contributed by atoms with Crippen molar-refractivity contribution in [2.75, 3.05) is 25.5 Å². The first kappa shape index (κ1) is 14.2. The molecule has 0 amide bonds. The van der Waals surface area contributed by atoms with Crippen LogP contribution < -0.4 is 10.2 Å². The fourth-order valence-electron chi connectivity index (χ4n) is 1.19. The van der Waals surface area contributed by atoms with Crippen LogP contribution in [0.25, 0.3) is 0 Å². The van der Waals surface area contributed by atoms with E-state index in [1.807, 2.05) is 14.0 Å². The minimum absolute atomic E-state index is 0.0651. The Morgan fingerprint density at radius 2 is 2.18 bits per heavy atom. The van der Waals surface area contributed by atoms with Crippen LogP contribution in [0.5, 0.6) is 0 Å². The van der Waals surface area contributed by atoms with Crippen molar-refractivity contribution in [1.29, 1.82) is 0 Å². The number of nitrogens with one attached hydrogen (secondary N) is 1. The van der Waals surface area contributed by atoms with Gasteiger partial charge < -0.3 is 10.2 Å². The lowest BCUT2D eigenvalue weighted by Crippen LogP contribution is -2.23. The van der Waals surface area contributed by atoms with Crippen molar-refractivity contribution in [1.82, 2.24) is 10.3 Å². The maximum Gasteiger partial charge on any atom is 0.390 e. The number of hydrogen-bond donors (Lipinski definition) is 1. The Bertz CT molecular complexity index is 351. The number of alkyl halides is 3. The summed E-state index contributed by atoms with van der Waals surface area (Å²) in [6.45, 7) is 1.91. The van der Waals surface area contributed by atoms with Crippen molar-refractivity contribution in [3.8, 4) is 0 Å². The zero-order valence-corrected chi connectivity index (χ0v) is 10.8. The van der Waals surface area contributed by atoms with Crippen LogP contribution in [0, 0.1) is 0 Å². The Morgan fingerprint density at radius 3 is 2.71 bits per heavy atom. The van der Waals surface area contributed by atoms with E-state index in [-0.39, 0.29) is 12.6 Å². The summed E-state index contributed by atoms with van der Waals surface area (Å²) >= 11 is 1.41. The minimum atomic E-state index is -4.12. The van der Waals surface area contributed by atoms with Crippen LogP contribution in [0.15, 0.2) is 6.20 Å². The van der Waals surface area contributed by atoms with Gasteiger partial charge in [-0.3, -0.25) is 0 Å². The zero-order valence-electron chi connectivity index (χ0n) is 10.0. The molecular formula is C10H16F3N3S. The highest BCUT2D eigenvalue weighted by Crippen LogP contribution is 2.27. The number of hydrogen-bond acceptors (Lipinski definition) is 4. The number of thiazole rings is 1. The first-order chi connectivity index (χ1) is 7.83. The van der Waals surface area contributed by atoms with E-state index in [0.29, 0.717) is 5.13 Å². The predicted octanol–water partition coefficient (Wildman–Crippen LogP) is 2.81. The van der Waals surface area contributed by atoms with Gasteiger partial charge in [-0.2, -0.15) is 13.2 Å². The Kier molecular flexibility index (Phi) is 4.76. The summed E-state index contributed by atoms with van der Waals surface area (Å²) in [5.41, 5.74) is 0. The van der Waals surface area contributed by atoms with E-state index in [1.165, 1.54) is 16.2 Å². The summed E-state index contributed by atoms with van der Waals surface area (Å²) in [6.07, 6.45) is -3.24. The summed E-state index contributed by atoms with van der Waals surface area (Å²) in [6, 6.07) is 0.164. The molecule has 0 aliphatic heterocycles. The molecule has 0 radical (unpaired) electrons. The van der Waals surface area contributed by atoms with Gasteiger partial charge in [0.05, 0.1) is 6.42 Å². The van der Waals surface area contributed by atoms with Crippen molar-refractivity contribution in [3.63, 3.8) is 0 Å². The summed E-state index contributed by atoms with van der Waals surface area (Å²) in [4.78, 5) is 6.67. The molecule has 0 saturated carbocycles. The van der Waals surface area contributed by atoms with Gasteiger partial charge in [-0.15, -0.1) is 11.3 Å². The van der Waals surface area contributed by atoms with E-state index < -0.39 is 12.6 Å². The normalized spacial score (nSPS) is 13.8. The standard InChI is InChI=1S/C10H16F3N3S/c1-7(14-2)8-6-15-9(17-8)16(3)5-4-10(11,12)13/h6-7,14H,4-5H2,1-3H3. The lowest BCUT2D eigenvalue weighted by atomic mass is 10.3. The third kappa shape index (κ3) is 4.51. The van der Waals surface area contributed by atoms with Crippen molar-refractivity contribution in [3.05, 3.63) is 11.1 Å². The molecule has 0 saturated heterocycles. The Labute approximate surface area is 103 Å². The first-order valence-electron chi connectivity index (χ1n) is 5.24. The second-order valence-corrected chi connectivity index (χ2v) is 4.88. The van der Waals surface area contributed by atoms with Gasteiger partial charge in [-0.25, -0.2) is 4.98 Å². The summed E-state index contributed by atoms with van der Waals surface area (Å²) in [5, 5.41) is 3.68. The molecule has 0 aliphatic carbocycles. The predicted molar refractivity (Wildman–Crippen MR) is 63.5 cm³/mol. The van der Waals surface area contributed by atoms with Gasteiger partial charge in [0.25, 0.3) is 0 Å². The molecule has 1 aromatic heterocycles. The van der Waals surface area contributed by atoms with Crippen LogP contribution in [-0.4, -0.2) is 31.8 Å². The molecule has 0 aromatic carbocycles. The highest BCUT2D eigenvalue weighted by atomic mass is 32.1. The number of rotatable bonds is 5. The lowest BCUT2D eigenvalue weighted by molar-refractivity contribution is -0.132. The molecule has 1 heterocycles. The molecule has 1 atom stereocenters. The molecule has 0 bridgehead atoms. The summed E-state index contributed by atoms with van der Waals surface area (Å²) in [7, 11) is 3.45. The second kappa shape index (κ2) is 5.68. The van der Waals surface area contributed by atoms with Crippen LogP contribution in [0.1, 0.15) is 24.3 Å². The molecule has 0 spiro atoms. The van der Waals surface area contributed by atoms with E-state index in [4.69, 9.17) is 0 Å². The molecular weight excluding hydrogens is 251 g/mol. The van der Waals surface area contributed by atoms with E-state index in [9.17, 15) is 13.2 Å². The Morgan fingerprint density at radius 1 is 1.53 bits per heavy atom. The van der Waals surface area contributed by atoms with Crippen LogP contribution >= 0.6 is 11.3 Å². The zero-order chi connectivity index (χ0) is 13.1. The highest BCUT2D eigenvalue weighted by molar-refractivity contribution is 7.15. The van der Waals surface area contributed by atoms with E-state index >= 15 is 0 Å². The smallest absolute Gasteiger partial charge is 0.351 e. The van der Waals surface area contributed by atoms with Gasteiger partial charge in [0.1, 0.15) is 0 Å². The average molecular weight is 267 g/mol. The van der Waals surface area contributed by atoms with Crippen molar-refractivity contribution < 1.29 is 13.2 Å². The topological polar surface area (TPSA) is 28.2 Å². The number of nitrogens with zero attached hydrogens (tertiary/aromatic N) is 2. The summed E-state index contributed by atoms with van der Waals surface area (Å²) in [5.74, 6) is 0. The van der Waals surface area contributed by atoms with Crippen LogP contribution in [-0.2, 0) is 0 Å². The third-order valence-electron chi connectivity index (χ3n) is 2.43. The molecule has 3 nitrogen and oxygen atoms in total. The molecule has 7 heteroatoms. The van der Waals surface area contributed by atoms with E-state index in [1.54, 1.807) is 13.2 Å². The maximum absolute atomic E-state index is 12.1. The lowest BCUT2D eigenvalue weighted by Gasteiger charge is -2.16. The van der Waals surface area contributed by atoms with Crippen LogP contribution in [0.2, 0.25) is 0 Å². The van der Waals surface area contributed by atoms with Crippen LogP contribution in [0.3, 0.4) is 0 Å². The molecule has 1 rings (SSSR count). The van der Waals surface area contributed by atoms with Gasteiger partial charge in [-0.05, 0) is 14.0 Å². The van der Waals surface area contributed by atoms with Crippen molar-refractivity contribution in [2.24, 2.45) is 0 Å². The average Bonchev–Trinajstić information content (AvgIpc) is 2.73. The fraction of sp³-hybridized carbons (Fsp3) is 0.700. The maximum atomic E-state index is 12.1. The van der Waals surface area contributed by atoms with Crippen LogP contribution in [0.4, 0.5) is 18.3 Å². The molecule has 0 fully saturated rings. The number of halogens is 3. The van der Waals surface area contributed by atoms with Gasteiger partial charge in [0.2, 0.25) is 0 Å². The molecule has 1 aromatic rings. The SMILES string of the molecule is CNC(C)c1cnc(N(C)CCC(F)(F)F)s1. The third-order valence-corrected chi connectivity index (χ3v) is 3.72. The van der Waals surface area contributed by atoms with Crippen molar-refractivity contribution in [2.45, 2.75) is 25.6 Å². The quantitative estimate of drug-likeness (QED) is 0.889. The van der Waals surface area contributed by atoms with Crippen molar-refractivity contribution >= 4 is 16.5 Å². The Balaban J connectivity index is 2.58. The van der Waals surface area contributed by atoms with Gasteiger partial charge in [0.15, 0.2) is 5.13 Å². The first-order valence-corrected chi connectivity index (χ1v) is 6.06. The molecule has 0 aliphatic rings. The second-order valence-electron chi connectivity index (χ2n) is 3.84. The fourth-order valence-corrected chi connectivity index (χ4v) is 2.15. The van der Waals surface area contributed by atoms with E-state index in [2.05, 4.69) is 10.3 Å². The molecule has 17 heavy (non-hydrogen) atoms. The molecule has 98 valence electrons. The Hall–Kier alpha value is -0.820. The minimum Gasteiger partial charge on any atom is -0.351 e. The van der Waals surface area contributed by atoms with Gasteiger partial charge >= 0.3 is 6.18 Å². The number of aromatic nitrogens is 1. The van der Waals surface area contributed by atoms with Gasteiger partial charge in [-0.1, -0.05) is 0 Å². The van der Waals surface area contributed by atoms with E-state index in [0.717, 1.165) is 4.88 Å². The number of anilines is 1. The van der Waals surface area contributed by atoms with Gasteiger partial charge in [0, 0.05) is 30.7 Å². The molecule has 1 N–H and O–H groups in total. The summed E-state index contributed by atoms with van der Waals surface area (Å²) < 4.78 is 36.2.